The standard InChI is InChI=1S/C13H16N2/c1-2-6-12-11-15(10-9-14-12)13-7-4-3-5-8-13/h3-5,7-10H,2,6,11H2,1H3/q+1. The van der Waals surface area contributed by atoms with E-state index < -0.39 is 0 Å². The Kier molecular flexibility index (Phi) is 3.18. The van der Waals surface area contributed by atoms with Gasteiger partial charge in [0.25, 0.3) is 6.20 Å². The molecule has 0 spiro atoms. The minimum absolute atomic E-state index is 0.925. The van der Waals surface area contributed by atoms with Crippen LogP contribution in [0.1, 0.15) is 19.8 Å². The largest absolute Gasteiger partial charge is 0.332 e. The number of anilines is 1. The number of rotatable bonds is 3. The molecule has 15 heavy (non-hydrogen) atoms. The Labute approximate surface area is 90.9 Å². The maximum Gasteiger partial charge on any atom is 0.258 e. The molecule has 1 heterocycles. The van der Waals surface area contributed by atoms with Gasteiger partial charge in [-0.15, -0.1) is 0 Å². The molecule has 0 fully saturated rings. The molecule has 0 saturated heterocycles. The number of hydrogen-bond acceptors (Lipinski definition) is 2. The highest BCUT2D eigenvalue weighted by Gasteiger charge is 2.18. The number of benzene rings is 1. The van der Waals surface area contributed by atoms with Gasteiger partial charge in [-0.1, -0.05) is 25.1 Å². The average molecular weight is 200 g/mol. The molecule has 0 aliphatic carbocycles. The molecule has 1 aliphatic heterocycles. The van der Waals surface area contributed by atoms with Crippen LogP contribution >= 0.6 is 0 Å². The van der Waals surface area contributed by atoms with Crippen LogP contribution in [0.5, 0.6) is 0 Å². The Morgan fingerprint density at radius 2 is 2.07 bits per heavy atom. The summed E-state index contributed by atoms with van der Waals surface area (Å²) in [4.78, 5) is 6.62. The molecule has 0 atom stereocenters. The van der Waals surface area contributed by atoms with E-state index in [9.17, 15) is 0 Å². The van der Waals surface area contributed by atoms with Crippen molar-refractivity contribution in [1.82, 2.24) is 4.99 Å². The fraction of sp³-hybridized carbons (Fsp3) is 0.308. The lowest BCUT2D eigenvalue weighted by Crippen LogP contribution is -2.30. The summed E-state index contributed by atoms with van der Waals surface area (Å²) < 4.78 is 0. The average Bonchev–Trinajstić information content (AvgIpc) is 2.31. The Balaban J connectivity index is 2.09. The molecule has 0 saturated carbocycles. The van der Waals surface area contributed by atoms with Crippen LogP contribution in [0.3, 0.4) is 0 Å². The van der Waals surface area contributed by atoms with Gasteiger partial charge in [-0.2, -0.15) is 0 Å². The second kappa shape index (κ2) is 4.78. The number of aliphatic imine (C=N–C) groups is 1. The van der Waals surface area contributed by atoms with Gasteiger partial charge >= 0.3 is 0 Å². The second-order valence-corrected chi connectivity index (χ2v) is 3.71. The summed E-state index contributed by atoms with van der Waals surface area (Å²) in [5, 5.41) is 0. The first-order chi connectivity index (χ1) is 7.40. The summed E-state index contributed by atoms with van der Waals surface area (Å²) in [6.07, 6.45) is 6.18. The lowest BCUT2D eigenvalue weighted by Gasteiger charge is -2.18. The zero-order valence-corrected chi connectivity index (χ0v) is 9.06. The zero-order valence-electron chi connectivity index (χ0n) is 9.06. The predicted molar refractivity (Wildman–Crippen MR) is 65.0 cm³/mol. The van der Waals surface area contributed by atoms with Crippen molar-refractivity contribution in [3.63, 3.8) is 0 Å². The van der Waals surface area contributed by atoms with Crippen molar-refractivity contribution in [2.24, 2.45) is 0 Å². The third-order valence-corrected chi connectivity index (χ3v) is 2.48. The van der Waals surface area contributed by atoms with Gasteiger partial charge in [-0.3, -0.25) is 0 Å². The first kappa shape index (κ1) is 9.97. The Morgan fingerprint density at radius 3 is 2.80 bits per heavy atom. The maximum absolute atomic E-state index is 4.39. The molecule has 77 valence electrons. The summed E-state index contributed by atoms with van der Waals surface area (Å²) in [6.45, 7) is 3.11. The van der Waals surface area contributed by atoms with E-state index >= 15 is 0 Å². The van der Waals surface area contributed by atoms with Crippen molar-refractivity contribution in [2.45, 2.75) is 19.8 Å². The minimum atomic E-state index is 0.925. The van der Waals surface area contributed by atoms with E-state index in [0.717, 1.165) is 19.4 Å². The smallest absolute Gasteiger partial charge is 0.258 e. The van der Waals surface area contributed by atoms with E-state index in [1.54, 1.807) is 0 Å². The molecule has 1 aromatic rings. The van der Waals surface area contributed by atoms with Gasteiger partial charge in [-0.25, -0.2) is 0 Å². The molecule has 1 aliphatic rings. The van der Waals surface area contributed by atoms with Gasteiger partial charge in [-0.05, 0) is 18.6 Å². The predicted octanol–water partition coefficient (Wildman–Crippen LogP) is 2.55. The van der Waals surface area contributed by atoms with Crippen LogP contribution in [-0.4, -0.2) is 12.3 Å². The van der Waals surface area contributed by atoms with E-state index in [0.29, 0.717) is 0 Å². The Morgan fingerprint density at radius 1 is 1.27 bits per heavy atom. The summed E-state index contributed by atoms with van der Waals surface area (Å²) >= 11 is 0. The summed E-state index contributed by atoms with van der Waals surface area (Å²) in [5.74, 6) is 0. The quantitative estimate of drug-likeness (QED) is 0.733. The molecule has 0 unspecified atom stereocenters. The SMILES string of the molecule is CCCC1=[N+]C=CN(c2ccccc2)C1. The van der Waals surface area contributed by atoms with Crippen LogP contribution in [0.2, 0.25) is 0 Å². The molecule has 1 radical (unpaired) electrons. The molecule has 0 bridgehead atoms. The molecular formula is C13H16N2+. The van der Waals surface area contributed by atoms with E-state index in [1.807, 2.05) is 18.5 Å². The van der Waals surface area contributed by atoms with Crippen LogP contribution in [-0.2, 0) is 0 Å². The molecule has 0 aromatic heterocycles. The first-order valence-corrected chi connectivity index (χ1v) is 5.44. The first-order valence-electron chi connectivity index (χ1n) is 5.44. The van der Waals surface area contributed by atoms with Gasteiger partial charge in [0.2, 0.25) is 5.71 Å². The van der Waals surface area contributed by atoms with Gasteiger partial charge in [0.05, 0.1) is 11.2 Å². The maximum atomic E-state index is 4.39. The number of para-hydroxylation sites is 1. The van der Waals surface area contributed by atoms with Crippen molar-refractivity contribution < 1.29 is 0 Å². The lowest BCUT2D eigenvalue weighted by molar-refractivity contribution is 0.935. The minimum Gasteiger partial charge on any atom is -0.332 e. The highest BCUT2D eigenvalue weighted by Crippen LogP contribution is 2.15. The van der Waals surface area contributed by atoms with Crippen LogP contribution < -0.4 is 9.89 Å². The zero-order chi connectivity index (χ0) is 10.5. The van der Waals surface area contributed by atoms with E-state index in [-0.39, 0.29) is 0 Å². The van der Waals surface area contributed by atoms with E-state index in [2.05, 4.69) is 41.1 Å². The lowest BCUT2D eigenvalue weighted by atomic mass is 10.2. The van der Waals surface area contributed by atoms with Crippen LogP contribution in [0.4, 0.5) is 5.69 Å². The van der Waals surface area contributed by atoms with Gasteiger partial charge in [0.1, 0.15) is 6.54 Å². The van der Waals surface area contributed by atoms with Crippen molar-refractivity contribution >= 4 is 11.4 Å². The Bertz CT molecular complexity index is 365. The fourth-order valence-electron chi connectivity index (χ4n) is 1.74. The molecule has 0 N–H and O–H groups in total. The fourth-order valence-corrected chi connectivity index (χ4v) is 1.74. The topological polar surface area (TPSA) is 17.3 Å². The molecule has 0 amide bonds. The molecule has 2 heteroatoms. The van der Waals surface area contributed by atoms with Gasteiger partial charge in [0.15, 0.2) is 0 Å². The summed E-state index contributed by atoms with van der Waals surface area (Å²) in [5.41, 5.74) is 2.50. The van der Waals surface area contributed by atoms with Crippen LogP contribution in [0.15, 0.2) is 42.7 Å². The van der Waals surface area contributed by atoms with Crippen molar-refractivity contribution in [2.75, 3.05) is 11.4 Å². The van der Waals surface area contributed by atoms with Crippen molar-refractivity contribution in [1.29, 1.82) is 0 Å². The van der Waals surface area contributed by atoms with Gasteiger partial charge in [0, 0.05) is 12.1 Å². The third kappa shape index (κ3) is 2.46. The summed E-state index contributed by atoms with van der Waals surface area (Å²) in [6, 6.07) is 10.4. The highest BCUT2D eigenvalue weighted by atomic mass is 15.1. The monoisotopic (exact) mass is 200 g/mol. The molecule has 2 rings (SSSR count). The summed E-state index contributed by atoms with van der Waals surface area (Å²) in [7, 11) is 0. The Hall–Kier alpha value is -1.57. The van der Waals surface area contributed by atoms with Crippen LogP contribution in [0.25, 0.3) is 0 Å². The highest BCUT2D eigenvalue weighted by molar-refractivity contribution is 5.89. The van der Waals surface area contributed by atoms with Crippen LogP contribution in [0, 0.1) is 0 Å². The molecule has 1 aromatic carbocycles. The molecule has 2 nitrogen and oxygen atoms in total. The van der Waals surface area contributed by atoms with E-state index in [4.69, 9.17) is 0 Å². The second-order valence-electron chi connectivity index (χ2n) is 3.71. The normalized spacial score (nSPS) is 15.3. The molecular weight excluding hydrogens is 184 g/mol. The van der Waals surface area contributed by atoms with Crippen molar-refractivity contribution in [3.05, 3.63) is 42.7 Å². The third-order valence-electron chi connectivity index (χ3n) is 2.48. The van der Waals surface area contributed by atoms with E-state index in [1.165, 1.54) is 11.4 Å². The van der Waals surface area contributed by atoms with Gasteiger partial charge < -0.3 is 4.90 Å². The number of hydrogen-bond donors (Lipinski definition) is 0. The van der Waals surface area contributed by atoms with Crippen molar-refractivity contribution in [3.8, 4) is 0 Å². The number of nitrogens with zero attached hydrogens (tertiary/aromatic N) is 2.